The molecule has 0 fully saturated rings. The molecule has 1 aromatic heterocycles. The lowest BCUT2D eigenvalue weighted by atomic mass is 10.0. The molecule has 0 saturated carbocycles. The fraction of sp³-hybridized carbons (Fsp3) is 0.375. The number of carboxylic acids is 2. The van der Waals surface area contributed by atoms with Gasteiger partial charge in [0.25, 0.3) is 5.56 Å². The largest absolute Gasteiger partial charge is 0.479 e. The van der Waals surface area contributed by atoms with Gasteiger partial charge in [-0.05, 0) is 78.9 Å². The van der Waals surface area contributed by atoms with Crippen LogP contribution in [0.5, 0.6) is 0 Å². The van der Waals surface area contributed by atoms with E-state index in [0.29, 0.717) is 54.3 Å². The molecule has 0 bridgehead atoms. The number of aromatic nitrogens is 2. The number of carboxylic acid groups (broad SMARTS) is 2. The van der Waals surface area contributed by atoms with Crippen molar-refractivity contribution in [2.24, 2.45) is 0 Å². The van der Waals surface area contributed by atoms with E-state index in [0.717, 1.165) is 60.6 Å². The predicted octanol–water partition coefficient (Wildman–Crippen LogP) is 5.24. The summed E-state index contributed by atoms with van der Waals surface area (Å²) in [6.45, 7) is 7.13. The van der Waals surface area contributed by atoms with Crippen LogP contribution in [0.4, 0.5) is 22.0 Å². The van der Waals surface area contributed by atoms with Crippen molar-refractivity contribution in [1.29, 1.82) is 0 Å². The molecule has 1 aliphatic carbocycles. The van der Waals surface area contributed by atoms with E-state index in [2.05, 4.69) is 23.7 Å². The fourth-order valence-electron chi connectivity index (χ4n) is 6.11. The number of hydrogen-bond acceptors (Lipinski definition) is 9. The molecule has 2 unspecified atom stereocenters. The molecular weight excluding hydrogens is 792 g/mol. The number of carbonyl (C=O) groups is 3. The first-order valence-corrected chi connectivity index (χ1v) is 19.2. The molecule has 0 aliphatic heterocycles. The van der Waals surface area contributed by atoms with Gasteiger partial charge in [-0.3, -0.25) is 9.59 Å². The number of aliphatic hydroxyl groups is 2. The second-order valence-electron chi connectivity index (χ2n) is 13.3. The summed E-state index contributed by atoms with van der Waals surface area (Å²) in [6.07, 6.45) is -6.95. The van der Waals surface area contributed by atoms with Crippen molar-refractivity contribution in [3.8, 4) is 11.1 Å². The standard InChI is InChI=1S/C36H37F5N4O2S.C4H6O6/c1-3-43(4-2)18-19-44(21-24-8-11-26(12-9-24)27-13-15-28(16-14-27)36(39,40)41)33(46)22-45-32-7-5-6-29(32)34(47)42-35(45)48-23-25-10-17-30(37)31(38)20-25;5-1(3(7)8)2(6)4(9)10/h8-17,20H,3-7,18-19,21-23H2,1-2H3;1-2,5-6H,(H,7,8)(H,9,10). The van der Waals surface area contributed by atoms with Crippen molar-refractivity contribution in [2.45, 2.75) is 75.5 Å². The van der Waals surface area contributed by atoms with E-state index in [-0.39, 0.29) is 23.8 Å². The summed E-state index contributed by atoms with van der Waals surface area (Å²) in [4.78, 5) is 54.8. The molecule has 5 rings (SSSR count). The van der Waals surface area contributed by atoms with E-state index in [4.69, 9.17) is 20.4 Å². The van der Waals surface area contributed by atoms with Gasteiger partial charge in [0.1, 0.15) is 6.54 Å². The van der Waals surface area contributed by atoms with Crippen LogP contribution in [0.3, 0.4) is 0 Å². The van der Waals surface area contributed by atoms with Gasteiger partial charge in [0.05, 0.1) is 5.56 Å². The highest BCUT2D eigenvalue weighted by molar-refractivity contribution is 7.98. The number of rotatable bonds is 16. The van der Waals surface area contributed by atoms with Gasteiger partial charge in [0.15, 0.2) is 29.0 Å². The minimum atomic E-state index is -4.41. The molecule has 0 saturated heterocycles. The molecule has 0 spiro atoms. The van der Waals surface area contributed by atoms with Crippen molar-refractivity contribution in [3.05, 3.63) is 117 Å². The summed E-state index contributed by atoms with van der Waals surface area (Å²) >= 11 is 1.20. The molecule has 1 heterocycles. The molecule has 4 aromatic rings. The number of halogens is 5. The van der Waals surface area contributed by atoms with Crippen LogP contribution in [-0.2, 0) is 52.2 Å². The molecule has 4 N–H and O–H groups in total. The highest BCUT2D eigenvalue weighted by Gasteiger charge is 2.31. The maximum atomic E-state index is 14.1. The molecular formula is C40H43F5N4O8S. The predicted molar refractivity (Wildman–Crippen MR) is 204 cm³/mol. The van der Waals surface area contributed by atoms with Crippen LogP contribution < -0.4 is 5.56 Å². The third-order valence-electron chi connectivity index (χ3n) is 9.46. The number of alkyl halides is 3. The van der Waals surface area contributed by atoms with Crippen molar-refractivity contribution >= 4 is 29.6 Å². The van der Waals surface area contributed by atoms with Crippen molar-refractivity contribution in [2.75, 3.05) is 26.2 Å². The summed E-state index contributed by atoms with van der Waals surface area (Å²) in [5.41, 5.74) is 3.13. The fourth-order valence-corrected chi connectivity index (χ4v) is 7.06. The third kappa shape index (κ3) is 12.2. The van der Waals surface area contributed by atoms with Gasteiger partial charge in [-0.25, -0.2) is 18.4 Å². The average molecular weight is 835 g/mol. The zero-order valence-corrected chi connectivity index (χ0v) is 32.4. The highest BCUT2D eigenvalue weighted by Crippen LogP contribution is 2.31. The third-order valence-corrected chi connectivity index (χ3v) is 10.5. The van der Waals surface area contributed by atoms with Crippen LogP contribution in [0.25, 0.3) is 11.1 Å². The summed E-state index contributed by atoms with van der Waals surface area (Å²) < 4.78 is 68.2. The Kier molecular flexibility index (Phi) is 16.1. The second-order valence-corrected chi connectivity index (χ2v) is 14.2. The topological polar surface area (TPSA) is 174 Å². The van der Waals surface area contributed by atoms with E-state index in [1.54, 1.807) is 9.47 Å². The first kappa shape index (κ1) is 45.5. The quantitative estimate of drug-likeness (QED) is 0.0661. The van der Waals surface area contributed by atoms with E-state index in [1.807, 2.05) is 24.3 Å². The molecule has 18 heteroatoms. The Labute approximate surface area is 334 Å². The van der Waals surface area contributed by atoms with Gasteiger partial charge < -0.3 is 34.8 Å². The molecule has 3 aromatic carbocycles. The number of benzene rings is 3. The molecule has 2 atom stereocenters. The maximum Gasteiger partial charge on any atom is 0.416 e. The molecule has 312 valence electrons. The lowest BCUT2D eigenvalue weighted by molar-refractivity contribution is -0.165. The molecule has 1 amide bonds. The number of fused-ring (bicyclic) bond motifs is 1. The zero-order chi connectivity index (χ0) is 42.7. The minimum Gasteiger partial charge on any atom is -0.479 e. The number of likely N-dealkylation sites (N-methyl/N-ethyl adjacent to an activating group) is 1. The van der Waals surface area contributed by atoms with Crippen LogP contribution in [-0.4, -0.2) is 96.0 Å². The lowest BCUT2D eigenvalue weighted by Gasteiger charge is -2.28. The Hall–Kier alpha value is -5.17. The van der Waals surface area contributed by atoms with Gasteiger partial charge in [-0.15, -0.1) is 0 Å². The Bertz CT molecular complexity index is 2090. The lowest BCUT2D eigenvalue weighted by Crippen LogP contribution is -2.40. The van der Waals surface area contributed by atoms with Gasteiger partial charge in [0, 0.05) is 36.6 Å². The van der Waals surface area contributed by atoms with Crippen molar-refractivity contribution in [3.63, 3.8) is 0 Å². The maximum absolute atomic E-state index is 14.1. The number of amides is 1. The number of thioether (sulfide) groups is 1. The Morgan fingerprint density at radius 3 is 1.93 bits per heavy atom. The SMILES string of the molecule is CCN(CC)CCN(Cc1ccc(-c2ccc(C(F)(F)F)cc2)cc1)C(=O)Cn1c(SCc2ccc(F)c(F)c2)nc(=O)c2c1CCC2.O=C(O)C(O)C(O)C(=O)O. The summed E-state index contributed by atoms with van der Waals surface area (Å²) in [7, 11) is 0. The highest BCUT2D eigenvalue weighted by atomic mass is 32.2. The van der Waals surface area contributed by atoms with Gasteiger partial charge >= 0.3 is 18.1 Å². The van der Waals surface area contributed by atoms with Gasteiger partial charge in [-0.2, -0.15) is 18.2 Å². The Morgan fingerprint density at radius 2 is 1.40 bits per heavy atom. The summed E-state index contributed by atoms with van der Waals surface area (Å²) in [5.74, 6) is -5.37. The van der Waals surface area contributed by atoms with E-state index < -0.39 is 47.5 Å². The minimum absolute atomic E-state index is 0.0440. The Balaban J connectivity index is 0.000000657. The number of aliphatic hydroxyl groups excluding tert-OH is 2. The van der Waals surface area contributed by atoms with Crippen molar-refractivity contribution in [1.82, 2.24) is 19.4 Å². The number of hydrogen-bond donors (Lipinski definition) is 4. The monoisotopic (exact) mass is 834 g/mol. The normalized spacial score (nSPS) is 13.3. The van der Waals surface area contributed by atoms with Gasteiger partial charge in [0.2, 0.25) is 5.91 Å². The van der Waals surface area contributed by atoms with E-state index in [9.17, 15) is 41.1 Å². The molecule has 12 nitrogen and oxygen atoms in total. The van der Waals surface area contributed by atoms with Crippen LogP contribution in [0, 0.1) is 11.6 Å². The number of carbonyl (C=O) groups excluding carboxylic acids is 1. The number of aliphatic carboxylic acids is 2. The number of nitrogens with zero attached hydrogens (tertiary/aromatic N) is 4. The van der Waals surface area contributed by atoms with Crippen LogP contribution in [0.1, 0.15) is 48.2 Å². The van der Waals surface area contributed by atoms with E-state index in [1.165, 1.54) is 30.0 Å². The summed E-state index contributed by atoms with van der Waals surface area (Å²) in [5, 5.41) is 32.9. The van der Waals surface area contributed by atoms with Crippen LogP contribution in [0.15, 0.2) is 76.7 Å². The molecule has 0 radical (unpaired) electrons. The summed E-state index contributed by atoms with van der Waals surface area (Å²) in [6, 6.07) is 16.0. The first-order valence-electron chi connectivity index (χ1n) is 18.2. The van der Waals surface area contributed by atoms with Crippen LogP contribution >= 0.6 is 11.8 Å². The van der Waals surface area contributed by atoms with Gasteiger partial charge in [-0.1, -0.05) is 68.1 Å². The zero-order valence-electron chi connectivity index (χ0n) is 31.6. The molecule has 1 aliphatic rings. The smallest absolute Gasteiger partial charge is 0.416 e. The second kappa shape index (κ2) is 20.5. The van der Waals surface area contributed by atoms with Crippen molar-refractivity contribution < 1.29 is 56.8 Å². The van der Waals surface area contributed by atoms with Crippen LogP contribution in [0.2, 0.25) is 0 Å². The average Bonchev–Trinajstić information content (AvgIpc) is 3.70. The molecule has 58 heavy (non-hydrogen) atoms. The van der Waals surface area contributed by atoms with E-state index >= 15 is 0 Å². The Morgan fingerprint density at radius 1 is 0.828 bits per heavy atom. The first-order chi connectivity index (χ1) is 27.4.